The van der Waals surface area contributed by atoms with Crippen LogP contribution in [0.15, 0.2) is 60.7 Å². The van der Waals surface area contributed by atoms with Gasteiger partial charge in [0.05, 0.1) is 12.1 Å². The normalized spacial score (nSPS) is 21.6. The van der Waals surface area contributed by atoms with E-state index in [4.69, 9.17) is 0 Å². The molecule has 2 aromatic rings. The molecule has 3 atom stereocenters. The van der Waals surface area contributed by atoms with E-state index in [-0.39, 0.29) is 18.0 Å². The third-order valence-corrected chi connectivity index (χ3v) is 5.23. The maximum atomic E-state index is 13.1. The molecule has 3 heteroatoms. The van der Waals surface area contributed by atoms with E-state index in [1.807, 2.05) is 48.2 Å². The summed E-state index contributed by atoms with van der Waals surface area (Å²) in [6.07, 6.45) is 1.21. The summed E-state index contributed by atoms with van der Waals surface area (Å²) in [6, 6.07) is 20.5. The number of rotatable bonds is 5. The van der Waals surface area contributed by atoms with E-state index >= 15 is 0 Å². The maximum Gasteiger partial charge on any atom is 0.239 e. The largest absolute Gasteiger partial charge is 0.341 e. The highest BCUT2D eigenvalue weighted by atomic mass is 16.2. The van der Waals surface area contributed by atoms with Crippen molar-refractivity contribution in [3.63, 3.8) is 0 Å². The molecule has 26 heavy (non-hydrogen) atoms. The van der Waals surface area contributed by atoms with Crippen molar-refractivity contribution in [2.45, 2.75) is 39.3 Å². The second kappa shape index (κ2) is 8.50. The zero-order chi connectivity index (χ0) is 18.5. The SMILES string of the molecule is CC1CC(C)CN(C(=O)C(C)NC(c2ccccc2)c2ccccc2)C1. The Kier molecular flexibility index (Phi) is 6.10. The number of benzene rings is 2. The van der Waals surface area contributed by atoms with Crippen LogP contribution in [0.3, 0.4) is 0 Å². The van der Waals surface area contributed by atoms with Crippen LogP contribution in [0.4, 0.5) is 0 Å². The molecule has 1 aliphatic heterocycles. The molecule has 3 unspecified atom stereocenters. The molecule has 1 N–H and O–H groups in total. The smallest absolute Gasteiger partial charge is 0.239 e. The van der Waals surface area contributed by atoms with Crippen molar-refractivity contribution in [2.24, 2.45) is 11.8 Å². The maximum absolute atomic E-state index is 13.1. The summed E-state index contributed by atoms with van der Waals surface area (Å²) in [7, 11) is 0. The van der Waals surface area contributed by atoms with Gasteiger partial charge in [0, 0.05) is 13.1 Å². The van der Waals surface area contributed by atoms with Crippen LogP contribution in [0.25, 0.3) is 0 Å². The predicted octanol–water partition coefficient (Wildman–Crippen LogP) is 4.26. The minimum absolute atomic E-state index is 0.0102. The van der Waals surface area contributed by atoms with Gasteiger partial charge in [-0.3, -0.25) is 10.1 Å². The Hall–Kier alpha value is -2.13. The molecule has 1 aliphatic rings. The number of hydrogen-bond donors (Lipinski definition) is 1. The molecule has 3 nitrogen and oxygen atoms in total. The first-order valence-electron chi connectivity index (χ1n) is 9.69. The Labute approximate surface area is 157 Å². The molecule has 1 amide bonds. The van der Waals surface area contributed by atoms with Gasteiger partial charge >= 0.3 is 0 Å². The number of amides is 1. The molecule has 0 aromatic heterocycles. The van der Waals surface area contributed by atoms with Crippen LogP contribution in [0, 0.1) is 11.8 Å². The zero-order valence-electron chi connectivity index (χ0n) is 16.1. The third-order valence-electron chi connectivity index (χ3n) is 5.23. The van der Waals surface area contributed by atoms with E-state index in [9.17, 15) is 4.79 Å². The molecule has 1 saturated heterocycles. The topological polar surface area (TPSA) is 32.3 Å². The van der Waals surface area contributed by atoms with E-state index in [0.717, 1.165) is 13.1 Å². The van der Waals surface area contributed by atoms with E-state index in [1.165, 1.54) is 17.5 Å². The third kappa shape index (κ3) is 4.53. The van der Waals surface area contributed by atoms with Gasteiger partial charge in [-0.2, -0.15) is 0 Å². The molecule has 0 spiro atoms. The van der Waals surface area contributed by atoms with Crippen molar-refractivity contribution in [3.05, 3.63) is 71.8 Å². The Morgan fingerprint density at radius 2 is 1.38 bits per heavy atom. The van der Waals surface area contributed by atoms with Crippen LogP contribution < -0.4 is 5.32 Å². The number of piperidine rings is 1. The Bertz CT molecular complexity index is 651. The van der Waals surface area contributed by atoms with Crippen molar-refractivity contribution in [2.75, 3.05) is 13.1 Å². The minimum Gasteiger partial charge on any atom is -0.341 e. The van der Waals surface area contributed by atoms with E-state index < -0.39 is 0 Å². The molecule has 138 valence electrons. The first-order valence-corrected chi connectivity index (χ1v) is 9.69. The van der Waals surface area contributed by atoms with Gasteiger partial charge in [0.2, 0.25) is 5.91 Å². The molecule has 0 bridgehead atoms. The van der Waals surface area contributed by atoms with Crippen LogP contribution in [0.5, 0.6) is 0 Å². The number of nitrogens with zero attached hydrogens (tertiary/aromatic N) is 1. The Morgan fingerprint density at radius 1 is 0.923 bits per heavy atom. The van der Waals surface area contributed by atoms with Crippen molar-refractivity contribution in [3.8, 4) is 0 Å². The lowest BCUT2D eigenvalue weighted by Gasteiger charge is -2.37. The van der Waals surface area contributed by atoms with Gasteiger partial charge in [0.25, 0.3) is 0 Å². The van der Waals surface area contributed by atoms with Crippen molar-refractivity contribution >= 4 is 5.91 Å². The summed E-state index contributed by atoms with van der Waals surface area (Å²) >= 11 is 0. The fourth-order valence-corrected chi connectivity index (χ4v) is 4.11. The number of carbonyl (C=O) groups excluding carboxylic acids is 1. The zero-order valence-corrected chi connectivity index (χ0v) is 16.1. The molecule has 2 aromatic carbocycles. The average Bonchev–Trinajstić information content (AvgIpc) is 2.66. The lowest BCUT2D eigenvalue weighted by Crippen LogP contribution is -2.50. The van der Waals surface area contributed by atoms with E-state index in [1.54, 1.807) is 0 Å². The van der Waals surface area contributed by atoms with Gasteiger partial charge in [-0.05, 0) is 36.3 Å². The van der Waals surface area contributed by atoms with Gasteiger partial charge in [-0.1, -0.05) is 74.5 Å². The molecular weight excluding hydrogens is 320 g/mol. The summed E-state index contributed by atoms with van der Waals surface area (Å²) in [6.45, 7) is 8.22. The highest BCUT2D eigenvalue weighted by Crippen LogP contribution is 2.24. The number of hydrogen-bond acceptors (Lipinski definition) is 2. The highest BCUT2D eigenvalue weighted by molar-refractivity contribution is 5.81. The van der Waals surface area contributed by atoms with Gasteiger partial charge < -0.3 is 4.90 Å². The molecule has 0 radical (unpaired) electrons. The predicted molar refractivity (Wildman–Crippen MR) is 107 cm³/mol. The second-order valence-corrected chi connectivity index (χ2v) is 7.83. The number of nitrogens with one attached hydrogen (secondary N) is 1. The van der Waals surface area contributed by atoms with Crippen molar-refractivity contribution in [1.29, 1.82) is 0 Å². The molecule has 1 heterocycles. The fraction of sp³-hybridized carbons (Fsp3) is 0.435. The highest BCUT2D eigenvalue weighted by Gasteiger charge is 2.29. The quantitative estimate of drug-likeness (QED) is 0.874. The second-order valence-electron chi connectivity index (χ2n) is 7.83. The minimum atomic E-state index is -0.224. The van der Waals surface area contributed by atoms with Crippen LogP contribution in [0.2, 0.25) is 0 Å². The first-order chi connectivity index (χ1) is 12.5. The molecular formula is C23H30N2O. The summed E-state index contributed by atoms with van der Waals surface area (Å²) in [5.74, 6) is 1.36. The summed E-state index contributed by atoms with van der Waals surface area (Å²) in [4.78, 5) is 15.1. The van der Waals surface area contributed by atoms with Crippen molar-refractivity contribution < 1.29 is 4.79 Å². The fourth-order valence-electron chi connectivity index (χ4n) is 4.11. The Morgan fingerprint density at radius 3 is 1.85 bits per heavy atom. The van der Waals surface area contributed by atoms with E-state index in [2.05, 4.69) is 43.4 Å². The molecule has 0 aliphatic carbocycles. The van der Waals surface area contributed by atoms with Crippen LogP contribution in [0.1, 0.15) is 44.4 Å². The average molecular weight is 351 g/mol. The van der Waals surface area contributed by atoms with Gasteiger partial charge in [0.15, 0.2) is 0 Å². The monoisotopic (exact) mass is 350 g/mol. The van der Waals surface area contributed by atoms with E-state index in [0.29, 0.717) is 11.8 Å². The standard InChI is InChI=1S/C23H30N2O/c1-17-14-18(2)16-25(15-17)23(26)19(3)24-22(20-10-6-4-7-11-20)21-12-8-5-9-13-21/h4-13,17-19,22,24H,14-16H2,1-3H3. The lowest BCUT2D eigenvalue weighted by atomic mass is 9.91. The van der Waals surface area contributed by atoms with Crippen LogP contribution in [-0.4, -0.2) is 29.9 Å². The van der Waals surface area contributed by atoms with Gasteiger partial charge in [-0.15, -0.1) is 0 Å². The number of likely N-dealkylation sites (tertiary alicyclic amines) is 1. The summed E-state index contributed by atoms with van der Waals surface area (Å²) in [5.41, 5.74) is 2.36. The molecule has 0 saturated carbocycles. The molecule has 3 rings (SSSR count). The van der Waals surface area contributed by atoms with Crippen molar-refractivity contribution in [1.82, 2.24) is 10.2 Å². The molecule has 1 fully saturated rings. The summed E-state index contributed by atoms with van der Waals surface area (Å²) < 4.78 is 0. The number of carbonyl (C=O) groups is 1. The van der Waals surface area contributed by atoms with Crippen LogP contribution in [-0.2, 0) is 4.79 Å². The Balaban J connectivity index is 1.77. The van der Waals surface area contributed by atoms with Gasteiger partial charge in [0.1, 0.15) is 0 Å². The van der Waals surface area contributed by atoms with Crippen LogP contribution >= 0.6 is 0 Å². The summed E-state index contributed by atoms with van der Waals surface area (Å²) in [5, 5.41) is 3.59. The first kappa shape index (κ1) is 18.7. The van der Waals surface area contributed by atoms with Gasteiger partial charge in [-0.25, -0.2) is 0 Å². The lowest BCUT2D eigenvalue weighted by molar-refractivity contribution is -0.135.